The smallest absolute Gasteiger partial charge is 0.142 e. The Kier molecular flexibility index (Phi) is 5.77. The van der Waals surface area contributed by atoms with Crippen molar-refractivity contribution in [2.75, 3.05) is 44.8 Å². The minimum Gasteiger partial charge on any atom is -0.495 e. The largest absolute Gasteiger partial charge is 0.495 e. The fourth-order valence-electron chi connectivity index (χ4n) is 2.91. The normalized spacial score (nSPS) is 14.8. The number of nitrogens with zero attached hydrogens (tertiary/aromatic N) is 3. The highest BCUT2D eigenvalue weighted by atomic mass is 16.5. The highest BCUT2D eigenvalue weighted by molar-refractivity contribution is 5.79. The lowest BCUT2D eigenvalue weighted by atomic mass is 10.2. The zero-order chi connectivity index (χ0) is 17.5. The number of para-hydroxylation sites is 2. The van der Waals surface area contributed by atoms with Crippen molar-refractivity contribution >= 4 is 11.9 Å². The fraction of sp³-hybridized carbons (Fsp3) is 0.350. The van der Waals surface area contributed by atoms with Crippen molar-refractivity contribution in [3.8, 4) is 11.5 Å². The summed E-state index contributed by atoms with van der Waals surface area (Å²) in [7, 11) is 1.72. The summed E-state index contributed by atoms with van der Waals surface area (Å²) >= 11 is 0. The quantitative estimate of drug-likeness (QED) is 0.757. The first-order valence-electron chi connectivity index (χ1n) is 8.70. The molecule has 1 heterocycles. The summed E-state index contributed by atoms with van der Waals surface area (Å²) in [5.74, 6) is 1.82. The maximum atomic E-state index is 5.46. The van der Waals surface area contributed by atoms with Crippen LogP contribution < -0.4 is 14.4 Å². The molecule has 0 N–H and O–H groups in total. The van der Waals surface area contributed by atoms with E-state index in [4.69, 9.17) is 9.47 Å². The highest BCUT2D eigenvalue weighted by Gasteiger charge is 2.18. The van der Waals surface area contributed by atoms with Gasteiger partial charge in [-0.25, -0.2) is 0 Å². The molecule has 0 aromatic heterocycles. The monoisotopic (exact) mass is 339 g/mol. The Balaban J connectivity index is 1.55. The van der Waals surface area contributed by atoms with E-state index in [0.29, 0.717) is 6.61 Å². The molecular formula is C20H25N3O2. The van der Waals surface area contributed by atoms with Gasteiger partial charge in [0, 0.05) is 13.1 Å². The molecule has 0 radical (unpaired) electrons. The molecule has 25 heavy (non-hydrogen) atoms. The molecule has 0 bridgehead atoms. The standard InChI is InChI=1S/C20H25N3O2/c1-3-25-18-10-8-17(9-11-18)16-21-23-14-12-22(13-15-23)19-6-4-5-7-20(19)24-2/h4-11,16H,3,12-15H2,1-2H3/b21-16-. The fourth-order valence-corrected chi connectivity index (χ4v) is 2.91. The van der Waals surface area contributed by atoms with Crippen LogP contribution in [-0.4, -0.2) is 51.1 Å². The molecule has 0 spiro atoms. The molecule has 0 amide bonds. The molecule has 2 aromatic rings. The van der Waals surface area contributed by atoms with Crippen LogP contribution in [0.1, 0.15) is 12.5 Å². The van der Waals surface area contributed by atoms with Gasteiger partial charge in [-0.15, -0.1) is 0 Å². The average molecular weight is 339 g/mol. The first-order valence-corrected chi connectivity index (χ1v) is 8.70. The molecular weight excluding hydrogens is 314 g/mol. The number of anilines is 1. The zero-order valence-electron chi connectivity index (χ0n) is 14.9. The van der Waals surface area contributed by atoms with Crippen LogP contribution in [0.5, 0.6) is 11.5 Å². The maximum Gasteiger partial charge on any atom is 0.142 e. The van der Waals surface area contributed by atoms with E-state index in [-0.39, 0.29) is 0 Å². The molecule has 5 nitrogen and oxygen atoms in total. The minimum atomic E-state index is 0.684. The summed E-state index contributed by atoms with van der Waals surface area (Å²) in [6, 6.07) is 16.2. The third kappa shape index (κ3) is 4.44. The molecule has 5 heteroatoms. The maximum absolute atomic E-state index is 5.46. The number of piperazine rings is 1. The Labute approximate surface area is 149 Å². The average Bonchev–Trinajstić information content (AvgIpc) is 2.68. The van der Waals surface area contributed by atoms with E-state index in [1.165, 1.54) is 0 Å². The number of hydrazone groups is 1. The number of rotatable bonds is 6. The van der Waals surface area contributed by atoms with E-state index >= 15 is 0 Å². The number of benzene rings is 2. The first kappa shape index (κ1) is 17.1. The van der Waals surface area contributed by atoms with Crippen LogP contribution >= 0.6 is 0 Å². The van der Waals surface area contributed by atoms with Gasteiger partial charge in [-0.05, 0) is 48.9 Å². The number of ether oxygens (including phenoxy) is 2. The van der Waals surface area contributed by atoms with E-state index in [9.17, 15) is 0 Å². The molecule has 1 aliphatic rings. The second kappa shape index (κ2) is 8.42. The van der Waals surface area contributed by atoms with Crippen molar-refractivity contribution in [1.29, 1.82) is 0 Å². The van der Waals surface area contributed by atoms with Crippen LogP contribution in [0.15, 0.2) is 53.6 Å². The Morgan fingerprint density at radius 3 is 2.40 bits per heavy atom. The summed E-state index contributed by atoms with van der Waals surface area (Å²) in [5.41, 5.74) is 2.23. The molecule has 132 valence electrons. The first-order chi connectivity index (χ1) is 12.3. The number of methoxy groups -OCH3 is 1. The van der Waals surface area contributed by atoms with Crippen molar-refractivity contribution in [3.63, 3.8) is 0 Å². The zero-order valence-corrected chi connectivity index (χ0v) is 14.9. The molecule has 1 fully saturated rings. The lowest BCUT2D eigenvalue weighted by Crippen LogP contribution is -2.44. The molecule has 3 rings (SSSR count). The van der Waals surface area contributed by atoms with Gasteiger partial charge in [0.05, 0.1) is 38.7 Å². The van der Waals surface area contributed by atoms with Crippen molar-refractivity contribution < 1.29 is 9.47 Å². The van der Waals surface area contributed by atoms with Crippen molar-refractivity contribution in [2.24, 2.45) is 5.10 Å². The second-order valence-electron chi connectivity index (χ2n) is 5.86. The molecule has 1 aliphatic heterocycles. The topological polar surface area (TPSA) is 37.3 Å². The predicted octanol–water partition coefficient (Wildman–Crippen LogP) is 3.25. The predicted molar refractivity (Wildman–Crippen MR) is 102 cm³/mol. The van der Waals surface area contributed by atoms with Gasteiger partial charge < -0.3 is 14.4 Å². The number of hydrogen-bond donors (Lipinski definition) is 0. The number of hydrogen-bond acceptors (Lipinski definition) is 5. The Hall–Kier alpha value is -2.69. The van der Waals surface area contributed by atoms with E-state index in [0.717, 1.165) is 48.9 Å². The second-order valence-corrected chi connectivity index (χ2v) is 5.86. The molecule has 0 unspecified atom stereocenters. The van der Waals surface area contributed by atoms with Gasteiger partial charge in [0.25, 0.3) is 0 Å². The molecule has 0 saturated carbocycles. The molecule has 1 saturated heterocycles. The van der Waals surface area contributed by atoms with Crippen molar-refractivity contribution in [3.05, 3.63) is 54.1 Å². The lowest BCUT2D eigenvalue weighted by molar-refractivity contribution is 0.271. The summed E-state index contributed by atoms with van der Waals surface area (Å²) in [6.07, 6.45) is 1.91. The Morgan fingerprint density at radius 2 is 1.72 bits per heavy atom. The van der Waals surface area contributed by atoms with Gasteiger partial charge in [0.15, 0.2) is 0 Å². The van der Waals surface area contributed by atoms with Gasteiger partial charge in [-0.1, -0.05) is 12.1 Å². The summed E-state index contributed by atoms with van der Waals surface area (Å²) in [5, 5.41) is 6.72. The van der Waals surface area contributed by atoms with E-state index in [1.807, 2.05) is 55.6 Å². The van der Waals surface area contributed by atoms with Crippen LogP contribution in [0.4, 0.5) is 5.69 Å². The Morgan fingerprint density at radius 1 is 1.00 bits per heavy atom. The summed E-state index contributed by atoms with van der Waals surface area (Å²) in [4.78, 5) is 2.35. The third-order valence-corrected chi connectivity index (χ3v) is 4.24. The lowest BCUT2D eigenvalue weighted by Gasteiger charge is -2.35. The van der Waals surface area contributed by atoms with Gasteiger partial charge in [0.1, 0.15) is 11.5 Å². The van der Waals surface area contributed by atoms with Gasteiger partial charge in [-0.3, -0.25) is 5.01 Å². The third-order valence-electron chi connectivity index (χ3n) is 4.24. The summed E-state index contributed by atoms with van der Waals surface area (Å²) in [6.45, 7) is 6.32. The van der Waals surface area contributed by atoms with E-state index < -0.39 is 0 Å². The SMILES string of the molecule is CCOc1ccc(/C=N\N2CCN(c3ccccc3OC)CC2)cc1. The minimum absolute atomic E-state index is 0.684. The van der Waals surface area contributed by atoms with E-state index in [1.54, 1.807) is 7.11 Å². The van der Waals surface area contributed by atoms with Crippen molar-refractivity contribution in [1.82, 2.24) is 5.01 Å². The molecule has 0 atom stereocenters. The summed E-state index contributed by atoms with van der Waals surface area (Å²) < 4.78 is 10.9. The van der Waals surface area contributed by atoms with Gasteiger partial charge >= 0.3 is 0 Å². The molecule has 0 aliphatic carbocycles. The highest BCUT2D eigenvalue weighted by Crippen LogP contribution is 2.28. The van der Waals surface area contributed by atoms with Crippen LogP contribution in [0, 0.1) is 0 Å². The van der Waals surface area contributed by atoms with Crippen LogP contribution in [0.25, 0.3) is 0 Å². The van der Waals surface area contributed by atoms with Crippen LogP contribution in [0.2, 0.25) is 0 Å². The van der Waals surface area contributed by atoms with Gasteiger partial charge in [0.2, 0.25) is 0 Å². The molecule has 2 aromatic carbocycles. The van der Waals surface area contributed by atoms with E-state index in [2.05, 4.69) is 21.1 Å². The van der Waals surface area contributed by atoms with Crippen LogP contribution in [-0.2, 0) is 0 Å². The van der Waals surface area contributed by atoms with Gasteiger partial charge in [-0.2, -0.15) is 5.10 Å². The van der Waals surface area contributed by atoms with Crippen molar-refractivity contribution in [2.45, 2.75) is 6.92 Å². The Bertz CT molecular complexity index is 692. The van der Waals surface area contributed by atoms with Crippen LogP contribution in [0.3, 0.4) is 0 Å².